The Labute approximate surface area is 134 Å². The lowest BCUT2D eigenvalue weighted by Gasteiger charge is -2.09. The van der Waals surface area contributed by atoms with E-state index in [9.17, 15) is 9.18 Å². The number of hydrogen-bond donors (Lipinski definition) is 0. The molecule has 4 nitrogen and oxygen atoms in total. The molecule has 0 aliphatic heterocycles. The van der Waals surface area contributed by atoms with Gasteiger partial charge in [0.15, 0.2) is 0 Å². The van der Waals surface area contributed by atoms with Crippen molar-refractivity contribution in [1.29, 1.82) is 0 Å². The van der Waals surface area contributed by atoms with Crippen molar-refractivity contribution in [3.05, 3.63) is 75.3 Å². The number of hydrogen-bond acceptors (Lipinski definition) is 3. The van der Waals surface area contributed by atoms with Gasteiger partial charge in [0, 0.05) is 23.5 Å². The third-order valence-electron chi connectivity index (χ3n) is 3.00. The van der Waals surface area contributed by atoms with Gasteiger partial charge in [0.1, 0.15) is 5.82 Å². The van der Waals surface area contributed by atoms with Gasteiger partial charge in [-0.1, -0.05) is 11.6 Å². The van der Waals surface area contributed by atoms with Gasteiger partial charge in [-0.3, -0.25) is 9.36 Å². The highest BCUT2D eigenvalue weighted by Gasteiger charge is 2.10. The van der Waals surface area contributed by atoms with Gasteiger partial charge < -0.3 is 0 Å². The molecule has 22 heavy (non-hydrogen) atoms. The first-order chi connectivity index (χ1) is 10.5. The maximum Gasteiger partial charge on any atom is 0.255 e. The summed E-state index contributed by atoms with van der Waals surface area (Å²) < 4.78 is 14.4. The van der Waals surface area contributed by atoms with Crippen molar-refractivity contribution in [2.24, 2.45) is 0 Å². The largest absolute Gasteiger partial charge is 0.284 e. The van der Waals surface area contributed by atoms with Crippen LogP contribution in [0.2, 0.25) is 10.3 Å². The minimum atomic E-state index is -0.376. The molecule has 0 atom stereocenters. The van der Waals surface area contributed by atoms with Crippen LogP contribution in [0.5, 0.6) is 0 Å². The van der Waals surface area contributed by atoms with E-state index in [-0.39, 0.29) is 16.7 Å². The van der Waals surface area contributed by atoms with Gasteiger partial charge >= 0.3 is 0 Å². The Morgan fingerprint density at radius 3 is 2.50 bits per heavy atom. The summed E-state index contributed by atoms with van der Waals surface area (Å²) in [4.78, 5) is 19.9. The van der Waals surface area contributed by atoms with Crippen LogP contribution in [0.15, 0.2) is 53.6 Å². The standard InChI is InChI=1S/C15H8Cl2FN3O/c16-12-7-19-15(17)20-14(12)9-1-6-13(22)21(8-9)11-4-2-10(18)3-5-11/h1-8H. The first kappa shape index (κ1) is 14.7. The van der Waals surface area contributed by atoms with Crippen molar-refractivity contribution in [2.45, 2.75) is 0 Å². The maximum absolute atomic E-state index is 13.0. The van der Waals surface area contributed by atoms with Crippen molar-refractivity contribution < 1.29 is 4.39 Å². The van der Waals surface area contributed by atoms with E-state index in [4.69, 9.17) is 23.2 Å². The van der Waals surface area contributed by atoms with Gasteiger partial charge in [-0.15, -0.1) is 0 Å². The Morgan fingerprint density at radius 1 is 1.05 bits per heavy atom. The first-order valence-corrected chi connectivity index (χ1v) is 6.97. The summed E-state index contributed by atoms with van der Waals surface area (Å²) in [6.45, 7) is 0. The lowest BCUT2D eigenvalue weighted by molar-refractivity contribution is 0.627. The molecule has 3 rings (SSSR count). The van der Waals surface area contributed by atoms with Gasteiger partial charge in [0.25, 0.3) is 5.56 Å². The van der Waals surface area contributed by atoms with Crippen LogP contribution < -0.4 is 5.56 Å². The topological polar surface area (TPSA) is 47.8 Å². The molecule has 0 saturated heterocycles. The summed E-state index contributed by atoms with van der Waals surface area (Å²) in [7, 11) is 0. The lowest BCUT2D eigenvalue weighted by atomic mass is 10.2. The fourth-order valence-corrected chi connectivity index (χ4v) is 2.31. The van der Waals surface area contributed by atoms with E-state index in [1.807, 2.05) is 0 Å². The number of aromatic nitrogens is 3. The summed E-state index contributed by atoms with van der Waals surface area (Å²) in [5.41, 5.74) is 1.28. The van der Waals surface area contributed by atoms with Crippen molar-refractivity contribution in [3.8, 4) is 16.9 Å². The van der Waals surface area contributed by atoms with Crippen molar-refractivity contribution in [1.82, 2.24) is 14.5 Å². The van der Waals surface area contributed by atoms with Gasteiger partial charge in [0.2, 0.25) is 5.28 Å². The summed E-state index contributed by atoms with van der Waals surface area (Å²) in [6.07, 6.45) is 2.96. The molecule has 7 heteroatoms. The zero-order valence-corrected chi connectivity index (χ0v) is 12.5. The molecular weight excluding hydrogens is 328 g/mol. The Morgan fingerprint density at radius 2 is 1.77 bits per heavy atom. The highest BCUT2D eigenvalue weighted by molar-refractivity contribution is 6.33. The number of benzene rings is 1. The van der Waals surface area contributed by atoms with Crippen LogP contribution >= 0.6 is 23.2 Å². The zero-order chi connectivity index (χ0) is 15.7. The van der Waals surface area contributed by atoms with E-state index in [1.165, 1.54) is 41.1 Å². The van der Waals surface area contributed by atoms with Crippen LogP contribution in [-0.4, -0.2) is 14.5 Å². The van der Waals surface area contributed by atoms with E-state index >= 15 is 0 Å². The fraction of sp³-hybridized carbons (Fsp3) is 0. The summed E-state index contributed by atoms with van der Waals surface area (Å²) in [5, 5.41) is 0.368. The quantitative estimate of drug-likeness (QED) is 0.670. The average Bonchev–Trinajstić information content (AvgIpc) is 2.51. The molecule has 0 fully saturated rings. The molecular formula is C15H8Cl2FN3O. The van der Waals surface area contributed by atoms with Crippen LogP contribution in [-0.2, 0) is 0 Å². The monoisotopic (exact) mass is 335 g/mol. The minimum Gasteiger partial charge on any atom is -0.284 e. The molecule has 3 aromatic rings. The summed E-state index contributed by atoms with van der Waals surface area (Å²) >= 11 is 11.9. The SMILES string of the molecule is O=c1ccc(-c2nc(Cl)ncc2Cl)cn1-c1ccc(F)cc1. The summed E-state index contributed by atoms with van der Waals surface area (Å²) in [6, 6.07) is 8.55. The molecule has 0 saturated carbocycles. The highest BCUT2D eigenvalue weighted by atomic mass is 35.5. The van der Waals surface area contributed by atoms with Gasteiger partial charge in [-0.25, -0.2) is 14.4 Å². The van der Waals surface area contributed by atoms with Gasteiger partial charge in [-0.2, -0.15) is 0 Å². The normalized spacial score (nSPS) is 10.7. The van der Waals surface area contributed by atoms with Crippen LogP contribution in [0.1, 0.15) is 0 Å². The third-order valence-corrected chi connectivity index (χ3v) is 3.46. The summed E-state index contributed by atoms with van der Waals surface area (Å²) in [5.74, 6) is -0.376. The molecule has 0 aliphatic rings. The second-order valence-electron chi connectivity index (χ2n) is 4.44. The van der Waals surface area contributed by atoms with Gasteiger partial charge in [0.05, 0.1) is 16.9 Å². The molecule has 0 amide bonds. The molecule has 0 N–H and O–H groups in total. The molecule has 110 valence electrons. The van der Waals surface area contributed by atoms with E-state index in [2.05, 4.69) is 9.97 Å². The number of nitrogens with zero attached hydrogens (tertiary/aromatic N) is 3. The molecule has 0 unspecified atom stereocenters. The maximum atomic E-state index is 13.0. The first-order valence-electron chi connectivity index (χ1n) is 6.21. The number of pyridine rings is 1. The van der Waals surface area contributed by atoms with E-state index in [1.54, 1.807) is 12.3 Å². The molecule has 0 radical (unpaired) electrons. The van der Waals surface area contributed by atoms with Crippen LogP contribution in [0.25, 0.3) is 16.9 Å². The highest BCUT2D eigenvalue weighted by Crippen LogP contribution is 2.25. The molecule has 0 spiro atoms. The lowest BCUT2D eigenvalue weighted by Crippen LogP contribution is -2.16. The van der Waals surface area contributed by atoms with E-state index in [0.717, 1.165) is 0 Å². The van der Waals surface area contributed by atoms with Crippen molar-refractivity contribution in [2.75, 3.05) is 0 Å². The smallest absolute Gasteiger partial charge is 0.255 e. The molecule has 1 aromatic carbocycles. The van der Waals surface area contributed by atoms with Crippen LogP contribution in [0.4, 0.5) is 4.39 Å². The van der Waals surface area contributed by atoms with Crippen molar-refractivity contribution in [3.63, 3.8) is 0 Å². The third kappa shape index (κ3) is 2.86. The van der Waals surface area contributed by atoms with Crippen molar-refractivity contribution >= 4 is 23.2 Å². The average molecular weight is 336 g/mol. The number of rotatable bonds is 2. The minimum absolute atomic E-state index is 0.0546. The molecule has 0 aliphatic carbocycles. The van der Waals surface area contributed by atoms with Crippen LogP contribution in [0, 0.1) is 5.82 Å². The zero-order valence-electron chi connectivity index (χ0n) is 11.0. The Balaban J connectivity index is 2.16. The second-order valence-corrected chi connectivity index (χ2v) is 5.18. The Bertz CT molecular complexity index is 894. The second kappa shape index (κ2) is 5.87. The van der Waals surface area contributed by atoms with Crippen LogP contribution in [0.3, 0.4) is 0 Å². The van der Waals surface area contributed by atoms with Gasteiger partial charge in [-0.05, 0) is 41.9 Å². The predicted molar refractivity (Wildman–Crippen MR) is 83.0 cm³/mol. The molecule has 0 bridgehead atoms. The number of halogens is 3. The predicted octanol–water partition coefficient (Wildman–Crippen LogP) is 3.74. The molecule has 2 aromatic heterocycles. The Kier molecular flexibility index (Phi) is 3.92. The Hall–Kier alpha value is -2.24. The van der Waals surface area contributed by atoms with E-state index in [0.29, 0.717) is 22.0 Å². The fourth-order valence-electron chi connectivity index (χ4n) is 1.98. The van der Waals surface area contributed by atoms with E-state index < -0.39 is 0 Å². The molecule has 2 heterocycles.